The summed E-state index contributed by atoms with van der Waals surface area (Å²) in [5.41, 5.74) is -2.05. The number of Topliss-reactive ketones (excluding diaryl/α,β-unsaturated/α-hetero) is 1. The molecule has 0 saturated carbocycles. The predicted octanol–water partition coefficient (Wildman–Crippen LogP) is -1.59. The molecule has 2 fully saturated rings. The Bertz CT molecular complexity index is 1200. The van der Waals surface area contributed by atoms with E-state index in [0.29, 0.717) is 5.39 Å². The molecule has 0 aromatic heterocycles. The Kier molecular flexibility index (Phi) is 8.51. The highest BCUT2D eigenvalue weighted by Gasteiger charge is 2.53. The molecule has 14 heteroatoms. The molecule has 2 aromatic rings. The zero-order valence-electron chi connectivity index (χ0n) is 21.4. The second-order valence-corrected chi connectivity index (χ2v) is 9.39. The molecule has 4 rings (SSSR count). The van der Waals surface area contributed by atoms with Crippen LogP contribution < -0.4 is 14.2 Å². The van der Waals surface area contributed by atoms with Gasteiger partial charge in [-0.25, -0.2) is 0 Å². The minimum absolute atomic E-state index is 0.0399. The summed E-state index contributed by atoms with van der Waals surface area (Å²) in [5, 5.41) is 72.3. The van der Waals surface area contributed by atoms with Crippen LogP contribution in [0.3, 0.4) is 0 Å². The molecule has 39 heavy (non-hydrogen) atoms. The van der Waals surface area contributed by atoms with Crippen LogP contribution in [0, 0.1) is 0 Å². The van der Waals surface area contributed by atoms with E-state index in [1.54, 1.807) is 0 Å². The first kappa shape index (κ1) is 29.2. The van der Waals surface area contributed by atoms with Crippen molar-refractivity contribution in [1.29, 1.82) is 0 Å². The number of aliphatic hydroxyl groups is 6. The maximum atomic E-state index is 12.1. The van der Waals surface area contributed by atoms with E-state index in [4.69, 9.17) is 28.4 Å². The summed E-state index contributed by atoms with van der Waals surface area (Å²) in [6.45, 7) is -0.706. The number of fused-ring (bicyclic) bond motifs is 1. The summed E-state index contributed by atoms with van der Waals surface area (Å²) in [6.07, 6.45) is -10.9. The van der Waals surface area contributed by atoms with Gasteiger partial charge in [0.25, 0.3) is 0 Å². The van der Waals surface area contributed by atoms with Crippen molar-refractivity contribution in [1.82, 2.24) is 0 Å². The van der Waals surface area contributed by atoms with E-state index in [9.17, 15) is 40.5 Å². The second-order valence-electron chi connectivity index (χ2n) is 9.39. The standard InChI is InChI=1S/C25H32O14/c1-10(28)16-13(34-2)5-11-4-12(6-14(35-3)17(11)19(16)30)37-23-21(20(31)18(29)15(7-26)38-23)39-24-22(32)25(33,8-27)9-36-24/h4-6,15,18,20-24,26-27,29-33H,7-9H2,1-3H3/t15-,18-,20+,21-,22+,23-,24+,25-/m1/s1. The van der Waals surface area contributed by atoms with Crippen LogP contribution in [0.2, 0.25) is 0 Å². The van der Waals surface area contributed by atoms with Crippen molar-refractivity contribution < 1.29 is 69.0 Å². The number of hydrogen-bond acceptors (Lipinski definition) is 14. The Morgan fingerprint density at radius 2 is 1.74 bits per heavy atom. The third kappa shape index (κ3) is 5.23. The monoisotopic (exact) mass is 556 g/mol. The lowest BCUT2D eigenvalue weighted by atomic mass is 9.98. The second kappa shape index (κ2) is 11.4. The van der Waals surface area contributed by atoms with Crippen molar-refractivity contribution in [3.05, 3.63) is 23.8 Å². The van der Waals surface area contributed by atoms with Crippen molar-refractivity contribution in [3.63, 3.8) is 0 Å². The van der Waals surface area contributed by atoms with Gasteiger partial charge >= 0.3 is 0 Å². The fraction of sp³-hybridized carbons (Fsp3) is 0.560. The van der Waals surface area contributed by atoms with Gasteiger partial charge in [0.2, 0.25) is 6.29 Å². The van der Waals surface area contributed by atoms with Crippen LogP contribution in [0.25, 0.3) is 10.8 Å². The van der Waals surface area contributed by atoms with Crippen molar-refractivity contribution in [2.45, 2.75) is 55.6 Å². The van der Waals surface area contributed by atoms with Crippen LogP contribution in [-0.2, 0) is 14.2 Å². The van der Waals surface area contributed by atoms with Crippen LogP contribution in [0.4, 0.5) is 0 Å². The highest BCUT2D eigenvalue weighted by molar-refractivity contribution is 6.08. The number of aromatic hydroxyl groups is 1. The summed E-state index contributed by atoms with van der Waals surface area (Å²) >= 11 is 0. The van der Waals surface area contributed by atoms with Gasteiger partial charge in [0.1, 0.15) is 58.6 Å². The molecule has 0 aliphatic carbocycles. The first-order chi connectivity index (χ1) is 18.5. The Balaban J connectivity index is 1.71. The van der Waals surface area contributed by atoms with Gasteiger partial charge in [-0.1, -0.05) is 0 Å². The summed E-state index contributed by atoms with van der Waals surface area (Å²) in [6, 6.07) is 4.32. The molecule has 0 spiro atoms. The number of ketones is 1. The third-order valence-electron chi connectivity index (χ3n) is 6.85. The highest BCUT2D eigenvalue weighted by atomic mass is 16.8. The number of methoxy groups -OCH3 is 2. The molecule has 0 radical (unpaired) electrons. The Morgan fingerprint density at radius 1 is 1.05 bits per heavy atom. The summed E-state index contributed by atoms with van der Waals surface area (Å²) in [7, 11) is 2.67. The maximum absolute atomic E-state index is 12.1. The lowest BCUT2D eigenvalue weighted by Crippen LogP contribution is -2.62. The largest absolute Gasteiger partial charge is 0.506 e. The molecule has 8 atom stereocenters. The maximum Gasteiger partial charge on any atom is 0.229 e. The third-order valence-corrected chi connectivity index (χ3v) is 6.85. The molecule has 2 aliphatic heterocycles. The number of benzene rings is 2. The van der Waals surface area contributed by atoms with Crippen LogP contribution in [0.5, 0.6) is 23.0 Å². The van der Waals surface area contributed by atoms with Crippen molar-refractivity contribution >= 4 is 16.6 Å². The first-order valence-corrected chi connectivity index (χ1v) is 12.0. The molecule has 0 bridgehead atoms. The smallest absolute Gasteiger partial charge is 0.229 e. The van der Waals surface area contributed by atoms with E-state index in [0.717, 1.165) is 0 Å². The number of carbonyl (C=O) groups excluding carboxylic acids is 1. The van der Waals surface area contributed by atoms with Gasteiger partial charge in [-0.15, -0.1) is 0 Å². The minimum atomic E-state index is -2.01. The average molecular weight is 557 g/mol. The van der Waals surface area contributed by atoms with E-state index in [2.05, 4.69) is 0 Å². The number of ether oxygens (including phenoxy) is 6. The number of rotatable bonds is 9. The van der Waals surface area contributed by atoms with E-state index in [1.165, 1.54) is 39.3 Å². The Morgan fingerprint density at radius 3 is 2.31 bits per heavy atom. The summed E-state index contributed by atoms with van der Waals surface area (Å²) < 4.78 is 33.2. The highest BCUT2D eigenvalue weighted by Crippen LogP contribution is 2.44. The molecule has 2 heterocycles. The summed E-state index contributed by atoms with van der Waals surface area (Å²) in [4.78, 5) is 12.1. The molecule has 2 saturated heterocycles. The number of carbonyl (C=O) groups is 1. The van der Waals surface area contributed by atoms with Crippen LogP contribution in [-0.4, -0.2) is 124 Å². The molecular formula is C25H32O14. The van der Waals surface area contributed by atoms with E-state index >= 15 is 0 Å². The SMILES string of the molecule is COc1cc2cc(O[C@@H]3O[C@H](CO)[C@@H](O)[C@H](O)[C@H]3O[C@@H]3OC[C@](O)(CO)[C@H]3O)cc(OC)c2c(O)c1C(C)=O. The molecule has 2 aliphatic rings. The molecular weight excluding hydrogens is 524 g/mol. The lowest BCUT2D eigenvalue weighted by molar-refractivity contribution is -0.318. The number of aliphatic hydroxyl groups excluding tert-OH is 5. The van der Waals surface area contributed by atoms with Crippen LogP contribution in [0.1, 0.15) is 17.3 Å². The van der Waals surface area contributed by atoms with E-state index in [-0.39, 0.29) is 33.9 Å². The number of phenols is 1. The van der Waals surface area contributed by atoms with Crippen LogP contribution >= 0.6 is 0 Å². The quantitative estimate of drug-likeness (QED) is 0.174. The fourth-order valence-corrected chi connectivity index (χ4v) is 4.66. The van der Waals surface area contributed by atoms with Crippen molar-refractivity contribution in [2.24, 2.45) is 0 Å². The van der Waals surface area contributed by atoms with Gasteiger partial charge < -0.3 is 64.2 Å². The molecule has 14 nitrogen and oxygen atoms in total. The van der Waals surface area contributed by atoms with Crippen LogP contribution in [0.15, 0.2) is 18.2 Å². The zero-order chi connectivity index (χ0) is 28.6. The lowest BCUT2D eigenvalue weighted by Gasteiger charge is -2.42. The van der Waals surface area contributed by atoms with Gasteiger partial charge in [0.15, 0.2) is 18.2 Å². The van der Waals surface area contributed by atoms with Gasteiger partial charge in [0, 0.05) is 6.07 Å². The number of hydrogen-bond donors (Lipinski definition) is 7. The Hall–Kier alpha value is -2.79. The van der Waals surface area contributed by atoms with Gasteiger partial charge in [-0.05, 0) is 24.4 Å². The average Bonchev–Trinajstić information content (AvgIpc) is 3.20. The molecule has 0 amide bonds. The minimum Gasteiger partial charge on any atom is -0.506 e. The zero-order valence-corrected chi connectivity index (χ0v) is 21.4. The molecule has 216 valence electrons. The Labute approximate surface area is 222 Å². The van der Waals surface area contributed by atoms with Gasteiger partial charge in [0.05, 0.1) is 39.4 Å². The van der Waals surface area contributed by atoms with E-state index in [1.807, 2.05) is 0 Å². The molecule has 0 unspecified atom stereocenters. The molecule has 2 aromatic carbocycles. The fourth-order valence-electron chi connectivity index (χ4n) is 4.66. The molecule has 7 N–H and O–H groups in total. The van der Waals surface area contributed by atoms with Crippen molar-refractivity contribution in [3.8, 4) is 23.0 Å². The normalized spacial score (nSPS) is 32.8. The van der Waals surface area contributed by atoms with E-state index < -0.39 is 74.3 Å². The topological polar surface area (TPSA) is 214 Å². The van der Waals surface area contributed by atoms with Crippen molar-refractivity contribution in [2.75, 3.05) is 34.0 Å². The first-order valence-electron chi connectivity index (χ1n) is 12.0. The summed E-state index contributed by atoms with van der Waals surface area (Å²) in [5.74, 6) is -0.519. The predicted molar refractivity (Wildman–Crippen MR) is 130 cm³/mol. The number of phenolic OH excluding ortho intramolecular Hbond substituents is 1. The van der Waals surface area contributed by atoms with Gasteiger partial charge in [-0.3, -0.25) is 4.79 Å². The van der Waals surface area contributed by atoms with Gasteiger partial charge in [-0.2, -0.15) is 0 Å².